The number of piperidine rings is 1. The minimum absolute atomic E-state index is 0.336. The van der Waals surface area contributed by atoms with Gasteiger partial charge in [0.2, 0.25) is 0 Å². The molecule has 0 atom stereocenters. The van der Waals surface area contributed by atoms with E-state index in [1.54, 1.807) is 4.68 Å². The molecule has 0 spiro atoms. The molecule has 21 heavy (non-hydrogen) atoms. The zero-order valence-electron chi connectivity index (χ0n) is 12.4. The van der Waals surface area contributed by atoms with Crippen molar-refractivity contribution in [1.29, 1.82) is 0 Å². The smallest absolute Gasteiger partial charge is 0.143 e. The van der Waals surface area contributed by atoms with Crippen LogP contribution >= 0.6 is 0 Å². The van der Waals surface area contributed by atoms with Gasteiger partial charge >= 0.3 is 0 Å². The molecule has 1 aliphatic rings. The first-order chi connectivity index (χ1) is 10.2. The molecule has 112 valence electrons. The lowest BCUT2D eigenvalue weighted by molar-refractivity contribution is 0.299. The zero-order chi connectivity index (χ0) is 14.7. The Morgan fingerprint density at radius 1 is 1.24 bits per heavy atom. The molecule has 0 radical (unpaired) electrons. The van der Waals surface area contributed by atoms with Crippen molar-refractivity contribution in [3.63, 3.8) is 0 Å². The highest BCUT2D eigenvalue weighted by atomic mass is 16.5. The van der Waals surface area contributed by atoms with Crippen LogP contribution in [0.1, 0.15) is 18.5 Å². The Balaban J connectivity index is 1.70. The number of benzene rings is 1. The summed E-state index contributed by atoms with van der Waals surface area (Å²) in [6.45, 7) is 2.47. The SMILES string of the molecule is Cn1ccc(COc2ccccc2N2CCC(N)CC2)n1. The summed E-state index contributed by atoms with van der Waals surface area (Å²) in [7, 11) is 1.91. The number of aromatic nitrogens is 2. The molecule has 0 amide bonds. The Morgan fingerprint density at radius 2 is 2.00 bits per heavy atom. The minimum Gasteiger partial charge on any atom is -0.485 e. The molecular formula is C16H22N4O. The number of rotatable bonds is 4. The Hall–Kier alpha value is -2.01. The molecule has 1 aliphatic heterocycles. The fourth-order valence-electron chi connectivity index (χ4n) is 2.67. The first-order valence-electron chi connectivity index (χ1n) is 7.43. The highest BCUT2D eigenvalue weighted by Crippen LogP contribution is 2.30. The monoisotopic (exact) mass is 286 g/mol. The predicted octanol–water partition coefficient (Wildman–Crippen LogP) is 1.93. The van der Waals surface area contributed by atoms with Crippen LogP contribution in [0.4, 0.5) is 5.69 Å². The van der Waals surface area contributed by atoms with Crippen molar-refractivity contribution >= 4 is 5.69 Å². The van der Waals surface area contributed by atoms with Crippen LogP contribution in [0.15, 0.2) is 36.5 Å². The standard InChI is InChI=1S/C16H22N4O/c1-19-9-8-14(18-19)12-21-16-5-3-2-4-15(16)20-10-6-13(17)7-11-20/h2-5,8-9,13H,6-7,10-12,17H2,1H3. The van der Waals surface area contributed by atoms with Crippen molar-refractivity contribution in [3.05, 3.63) is 42.2 Å². The van der Waals surface area contributed by atoms with Gasteiger partial charge in [-0.1, -0.05) is 12.1 Å². The number of aryl methyl sites for hydroxylation is 1. The maximum atomic E-state index is 5.98. The van der Waals surface area contributed by atoms with E-state index in [-0.39, 0.29) is 0 Å². The van der Waals surface area contributed by atoms with E-state index < -0.39 is 0 Å². The minimum atomic E-state index is 0.336. The molecule has 5 heteroatoms. The van der Waals surface area contributed by atoms with Gasteiger partial charge in [-0.2, -0.15) is 5.10 Å². The molecule has 0 bridgehead atoms. The van der Waals surface area contributed by atoms with E-state index in [0.29, 0.717) is 12.6 Å². The Morgan fingerprint density at radius 3 is 2.71 bits per heavy atom. The highest BCUT2D eigenvalue weighted by molar-refractivity contribution is 5.58. The van der Waals surface area contributed by atoms with Crippen LogP contribution in [-0.2, 0) is 13.7 Å². The summed E-state index contributed by atoms with van der Waals surface area (Å²) < 4.78 is 7.76. The van der Waals surface area contributed by atoms with Gasteiger partial charge in [0.1, 0.15) is 12.4 Å². The molecule has 5 nitrogen and oxygen atoms in total. The molecule has 0 saturated carbocycles. The topological polar surface area (TPSA) is 56.3 Å². The van der Waals surface area contributed by atoms with E-state index in [1.165, 1.54) is 0 Å². The summed E-state index contributed by atoms with van der Waals surface area (Å²) in [6.07, 6.45) is 4.00. The van der Waals surface area contributed by atoms with Gasteiger partial charge in [0.15, 0.2) is 0 Å². The predicted molar refractivity (Wildman–Crippen MR) is 83.4 cm³/mol. The van der Waals surface area contributed by atoms with Gasteiger partial charge in [-0.3, -0.25) is 4.68 Å². The van der Waals surface area contributed by atoms with Gasteiger partial charge in [0.25, 0.3) is 0 Å². The second kappa shape index (κ2) is 6.18. The van der Waals surface area contributed by atoms with E-state index in [2.05, 4.69) is 22.1 Å². The molecule has 2 N–H and O–H groups in total. The third-order valence-corrected chi connectivity index (χ3v) is 3.89. The highest BCUT2D eigenvalue weighted by Gasteiger charge is 2.19. The molecule has 0 unspecified atom stereocenters. The number of hydrogen-bond donors (Lipinski definition) is 1. The zero-order valence-corrected chi connectivity index (χ0v) is 12.4. The van der Waals surface area contributed by atoms with Crippen molar-refractivity contribution < 1.29 is 4.74 Å². The van der Waals surface area contributed by atoms with E-state index in [9.17, 15) is 0 Å². The summed E-state index contributed by atoms with van der Waals surface area (Å²) in [5.41, 5.74) is 8.07. The quantitative estimate of drug-likeness (QED) is 0.933. The summed E-state index contributed by atoms with van der Waals surface area (Å²) in [4.78, 5) is 2.36. The summed E-state index contributed by atoms with van der Waals surface area (Å²) in [6, 6.07) is 10.5. The van der Waals surface area contributed by atoms with Crippen LogP contribution in [0, 0.1) is 0 Å². The molecule has 2 heterocycles. The fraction of sp³-hybridized carbons (Fsp3) is 0.438. The lowest BCUT2D eigenvalue weighted by Gasteiger charge is -2.33. The maximum Gasteiger partial charge on any atom is 0.143 e. The number of nitrogens with zero attached hydrogens (tertiary/aromatic N) is 3. The summed E-state index contributed by atoms with van der Waals surface area (Å²) in [5.74, 6) is 0.915. The Bertz CT molecular complexity index is 587. The van der Waals surface area contributed by atoms with Crippen molar-refractivity contribution in [2.45, 2.75) is 25.5 Å². The maximum absolute atomic E-state index is 5.98. The molecule has 2 aromatic rings. The molecule has 1 aromatic carbocycles. The fourth-order valence-corrected chi connectivity index (χ4v) is 2.67. The number of para-hydroxylation sites is 2. The summed E-state index contributed by atoms with van der Waals surface area (Å²) >= 11 is 0. The molecule has 1 aromatic heterocycles. The van der Waals surface area contributed by atoms with Gasteiger partial charge < -0.3 is 15.4 Å². The molecule has 3 rings (SSSR count). The van der Waals surface area contributed by atoms with Gasteiger partial charge in [0, 0.05) is 32.4 Å². The van der Waals surface area contributed by atoms with Crippen LogP contribution in [0.3, 0.4) is 0 Å². The van der Waals surface area contributed by atoms with Crippen LogP contribution in [0.5, 0.6) is 5.75 Å². The van der Waals surface area contributed by atoms with Crippen LogP contribution < -0.4 is 15.4 Å². The van der Waals surface area contributed by atoms with Crippen molar-refractivity contribution in [3.8, 4) is 5.75 Å². The van der Waals surface area contributed by atoms with Gasteiger partial charge in [0.05, 0.1) is 11.4 Å². The normalized spacial score (nSPS) is 16.2. The number of ether oxygens (including phenoxy) is 1. The summed E-state index contributed by atoms with van der Waals surface area (Å²) in [5, 5.41) is 4.34. The molecule has 1 fully saturated rings. The molecule has 0 aliphatic carbocycles. The third kappa shape index (κ3) is 3.36. The van der Waals surface area contributed by atoms with E-state index in [4.69, 9.17) is 10.5 Å². The van der Waals surface area contributed by atoms with Gasteiger partial charge in [-0.15, -0.1) is 0 Å². The Labute approximate surface area is 125 Å². The van der Waals surface area contributed by atoms with E-state index in [0.717, 1.165) is 43.1 Å². The van der Waals surface area contributed by atoms with Crippen LogP contribution in [-0.4, -0.2) is 28.9 Å². The first-order valence-corrected chi connectivity index (χ1v) is 7.43. The van der Waals surface area contributed by atoms with Gasteiger partial charge in [-0.25, -0.2) is 0 Å². The van der Waals surface area contributed by atoms with Crippen molar-refractivity contribution in [2.75, 3.05) is 18.0 Å². The average molecular weight is 286 g/mol. The lowest BCUT2D eigenvalue weighted by Crippen LogP contribution is -2.39. The van der Waals surface area contributed by atoms with Crippen molar-refractivity contribution in [1.82, 2.24) is 9.78 Å². The molecular weight excluding hydrogens is 264 g/mol. The van der Waals surface area contributed by atoms with Crippen molar-refractivity contribution in [2.24, 2.45) is 12.8 Å². The van der Waals surface area contributed by atoms with Crippen LogP contribution in [0.25, 0.3) is 0 Å². The largest absolute Gasteiger partial charge is 0.485 e. The van der Waals surface area contributed by atoms with Crippen LogP contribution in [0.2, 0.25) is 0 Å². The Kier molecular flexibility index (Phi) is 4.10. The lowest BCUT2D eigenvalue weighted by atomic mass is 10.1. The number of nitrogens with two attached hydrogens (primary N) is 1. The molecule has 1 saturated heterocycles. The third-order valence-electron chi connectivity index (χ3n) is 3.89. The van der Waals surface area contributed by atoms with E-state index in [1.807, 2.05) is 31.4 Å². The van der Waals surface area contributed by atoms with Gasteiger partial charge in [-0.05, 0) is 31.0 Å². The van der Waals surface area contributed by atoms with E-state index >= 15 is 0 Å². The number of hydrogen-bond acceptors (Lipinski definition) is 4. The average Bonchev–Trinajstić information content (AvgIpc) is 2.92. The first kappa shape index (κ1) is 13.9. The second-order valence-corrected chi connectivity index (χ2v) is 5.56. The number of anilines is 1. The second-order valence-electron chi connectivity index (χ2n) is 5.56.